The Kier molecular flexibility index (Phi) is 4.04. The Hall–Kier alpha value is -1.69. The van der Waals surface area contributed by atoms with Crippen LogP contribution in [0, 0.1) is 0 Å². The van der Waals surface area contributed by atoms with Crippen LogP contribution in [0.5, 0.6) is 11.5 Å². The molecule has 0 bridgehead atoms. The summed E-state index contributed by atoms with van der Waals surface area (Å²) < 4.78 is 10.8. The van der Waals surface area contributed by atoms with Gasteiger partial charge in [0, 0.05) is 12.2 Å². The van der Waals surface area contributed by atoms with Gasteiger partial charge in [0.05, 0.1) is 11.5 Å². The molecule has 2 aliphatic heterocycles. The van der Waals surface area contributed by atoms with Crippen molar-refractivity contribution < 1.29 is 19.1 Å². The summed E-state index contributed by atoms with van der Waals surface area (Å²) in [5, 5.41) is 0. The van der Waals surface area contributed by atoms with Gasteiger partial charge in [0.15, 0.2) is 0 Å². The van der Waals surface area contributed by atoms with E-state index in [2.05, 4.69) is 0 Å². The first-order valence-electron chi connectivity index (χ1n) is 7.44. The van der Waals surface area contributed by atoms with Gasteiger partial charge in [-0.2, -0.15) is 0 Å². The summed E-state index contributed by atoms with van der Waals surface area (Å²) in [4.78, 5) is 25.9. The molecule has 0 saturated carbocycles. The van der Waals surface area contributed by atoms with Crippen LogP contribution in [0.25, 0.3) is 0 Å². The van der Waals surface area contributed by atoms with Crippen molar-refractivity contribution in [2.24, 2.45) is 0 Å². The zero-order valence-electron chi connectivity index (χ0n) is 12.7. The van der Waals surface area contributed by atoms with Crippen LogP contribution in [0.2, 0.25) is 0 Å². The number of carbonyl (C=O) groups excluding carboxylic acids is 2. The first kappa shape index (κ1) is 15.2. The monoisotopic (exact) mass is 321 g/mol. The lowest BCUT2D eigenvalue weighted by molar-refractivity contribution is -0.146. The molecule has 0 aliphatic carbocycles. The second-order valence-electron chi connectivity index (χ2n) is 5.59. The molecular weight excluding hydrogens is 302 g/mol. The molecule has 0 radical (unpaired) electrons. The van der Waals surface area contributed by atoms with Crippen molar-refractivity contribution in [2.75, 3.05) is 12.4 Å². The van der Waals surface area contributed by atoms with Gasteiger partial charge in [-0.25, -0.2) is 4.79 Å². The molecule has 2 atom stereocenters. The third kappa shape index (κ3) is 2.67. The number of rotatable bonds is 4. The highest BCUT2D eigenvalue weighted by Gasteiger charge is 2.53. The summed E-state index contributed by atoms with van der Waals surface area (Å²) in [6, 6.07) is 6.45. The fourth-order valence-electron chi connectivity index (χ4n) is 2.95. The molecule has 2 heterocycles. The van der Waals surface area contributed by atoms with E-state index in [1.54, 1.807) is 40.9 Å². The summed E-state index contributed by atoms with van der Waals surface area (Å²) in [5.74, 6) is 1.48. The number of hydrogen-bond donors (Lipinski definition) is 0. The molecule has 0 aromatic heterocycles. The Balaban J connectivity index is 1.68. The summed E-state index contributed by atoms with van der Waals surface area (Å²) in [5.41, 5.74) is 0. The van der Waals surface area contributed by atoms with Crippen molar-refractivity contribution in [3.8, 4) is 11.5 Å². The highest BCUT2D eigenvalue weighted by Crippen LogP contribution is 2.47. The lowest BCUT2D eigenvalue weighted by Crippen LogP contribution is -2.47. The molecule has 22 heavy (non-hydrogen) atoms. The van der Waals surface area contributed by atoms with Crippen molar-refractivity contribution in [2.45, 2.75) is 37.6 Å². The number of ether oxygens (including phenoxy) is 2. The van der Waals surface area contributed by atoms with Gasteiger partial charge in [-0.05, 0) is 44.5 Å². The number of fused-ring (bicyclic) bond motifs is 1. The summed E-state index contributed by atoms with van der Waals surface area (Å²) >= 11 is 1.66. The molecule has 0 spiro atoms. The standard InChI is InChI=1S/C16H19NO4S/c1-3-20-11-4-6-12(7-5-11)21-15(19)13-10-22-16(2)9-8-14(18)17(13)16/h4-7,13H,3,8-10H2,1-2H3. The van der Waals surface area contributed by atoms with Crippen molar-refractivity contribution in [3.63, 3.8) is 0 Å². The second kappa shape index (κ2) is 5.83. The van der Waals surface area contributed by atoms with Crippen molar-refractivity contribution >= 4 is 23.6 Å². The van der Waals surface area contributed by atoms with Gasteiger partial charge in [0.1, 0.15) is 17.5 Å². The number of nitrogens with zero attached hydrogens (tertiary/aromatic N) is 1. The number of carbonyl (C=O) groups is 2. The lowest BCUT2D eigenvalue weighted by atomic mass is 10.2. The first-order chi connectivity index (χ1) is 10.5. The van der Waals surface area contributed by atoms with Crippen LogP contribution in [0.15, 0.2) is 24.3 Å². The minimum Gasteiger partial charge on any atom is -0.494 e. The van der Waals surface area contributed by atoms with Gasteiger partial charge in [0.25, 0.3) is 0 Å². The van der Waals surface area contributed by atoms with E-state index in [-0.39, 0.29) is 16.7 Å². The molecule has 2 unspecified atom stereocenters. The minimum atomic E-state index is -0.489. The Bertz CT molecular complexity index is 588. The van der Waals surface area contributed by atoms with E-state index < -0.39 is 6.04 Å². The average molecular weight is 321 g/mol. The van der Waals surface area contributed by atoms with E-state index in [1.165, 1.54) is 0 Å². The minimum absolute atomic E-state index is 0.0427. The molecule has 118 valence electrons. The highest BCUT2D eigenvalue weighted by atomic mass is 32.2. The van der Waals surface area contributed by atoms with Crippen LogP contribution in [0.4, 0.5) is 0 Å². The molecule has 1 aromatic carbocycles. The van der Waals surface area contributed by atoms with Crippen LogP contribution in [0.1, 0.15) is 26.7 Å². The maximum atomic E-state index is 12.4. The van der Waals surface area contributed by atoms with Crippen molar-refractivity contribution in [3.05, 3.63) is 24.3 Å². The highest BCUT2D eigenvalue weighted by molar-refractivity contribution is 8.01. The van der Waals surface area contributed by atoms with E-state index in [9.17, 15) is 9.59 Å². The molecule has 0 N–H and O–H groups in total. The largest absolute Gasteiger partial charge is 0.494 e. The van der Waals surface area contributed by atoms with Crippen LogP contribution in [-0.2, 0) is 9.59 Å². The van der Waals surface area contributed by atoms with Gasteiger partial charge in [-0.1, -0.05) is 0 Å². The molecule has 3 rings (SSSR count). The zero-order chi connectivity index (χ0) is 15.7. The Morgan fingerprint density at radius 3 is 2.73 bits per heavy atom. The maximum absolute atomic E-state index is 12.4. The quantitative estimate of drug-likeness (QED) is 0.630. The smallest absolute Gasteiger partial charge is 0.335 e. The molecule has 1 amide bonds. The van der Waals surface area contributed by atoms with E-state index in [0.29, 0.717) is 24.5 Å². The Labute approximate surface area is 134 Å². The van der Waals surface area contributed by atoms with Gasteiger partial charge in [-0.15, -0.1) is 11.8 Å². The van der Waals surface area contributed by atoms with Crippen molar-refractivity contribution in [1.82, 2.24) is 4.90 Å². The van der Waals surface area contributed by atoms with Crippen LogP contribution in [-0.4, -0.2) is 40.0 Å². The SMILES string of the molecule is CCOc1ccc(OC(=O)C2CSC3(C)CCC(=O)N23)cc1. The maximum Gasteiger partial charge on any atom is 0.335 e. The number of esters is 1. The fraction of sp³-hybridized carbons (Fsp3) is 0.500. The molecule has 2 saturated heterocycles. The molecular formula is C16H19NO4S. The summed E-state index contributed by atoms with van der Waals surface area (Å²) in [6.45, 7) is 4.52. The van der Waals surface area contributed by atoms with Gasteiger partial charge in [-0.3, -0.25) is 4.79 Å². The summed E-state index contributed by atoms with van der Waals surface area (Å²) in [6.07, 6.45) is 1.31. The zero-order valence-corrected chi connectivity index (χ0v) is 13.5. The van der Waals surface area contributed by atoms with Crippen LogP contribution in [0.3, 0.4) is 0 Å². The van der Waals surface area contributed by atoms with E-state index >= 15 is 0 Å². The van der Waals surface area contributed by atoms with Crippen LogP contribution < -0.4 is 9.47 Å². The number of benzene rings is 1. The van der Waals surface area contributed by atoms with Crippen molar-refractivity contribution in [1.29, 1.82) is 0 Å². The predicted molar refractivity (Wildman–Crippen MR) is 84.0 cm³/mol. The third-order valence-corrected chi connectivity index (χ3v) is 5.58. The third-order valence-electron chi connectivity index (χ3n) is 4.07. The fourth-order valence-corrected chi connectivity index (χ4v) is 4.37. The average Bonchev–Trinajstić information content (AvgIpc) is 2.98. The van der Waals surface area contributed by atoms with Gasteiger partial charge < -0.3 is 14.4 Å². The number of amides is 1. The lowest BCUT2D eigenvalue weighted by Gasteiger charge is -2.29. The van der Waals surface area contributed by atoms with Gasteiger partial charge >= 0.3 is 5.97 Å². The second-order valence-corrected chi connectivity index (χ2v) is 7.09. The molecule has 6 heteroatoms. The molecule has 2 aliphatic rings. The first-order valence-corrected chi connectivity index (χ1v) is 8.43. The number of hydrogen-bond acceptors (Lipinski definition) is 5. The molecule has 1 aromatic rings. The van der Waals surface area contributed by atoms with E-state index in [0.717, 1.165) is 12.2 Å². The Morgan fingerprint density at radius 2 is 2.05 bits per heavy atom. The summed E-state index contributed by atoms with van der Waals surface area (Å²) in [7, 11) is 0. The normalized spacial score (nSPS) is 26.9. The van der Waals surface area contributed by atoms with Gasteiger partial charge in [0.2, 0.25) is 5.91 Å². The van der Waals surface area contributed by atoms with E-state index in [4.69, 9.17) is 9.47 Å². The molecule has 2 fully saturated rings. The predicted octanol–water partition coefficient (Wildman–Crippen LogP) is 2.44. The Morgan fingerprint density at radius 1 is 1.36 bits per heavy atom. The van der Waals surface area contributed by atoms with E-state index in [1.807, 2.05) is 13.8 Å². The topological polar surface area (TPSA) is 55.8 Å². The molecule has 5 nitrogen and oxygen atoms in total. The van der Waals surface area contributed by atoms with Crippen LogP contribution >= 0.6 is 11.8 Å². The number of thioether (sulfide) groups is 1.